The fraction of sp³-hybridized carbons (Fsp3) is 1.00. The molecule has 1 rings (SSSR count). The number of hydrogen-bond acceptors (Lipinski definition) is 0. The first kappa shape index (κ1) is 7.54. The minimum Gasteiger partial charge on any atom is -0.0696 e. The molecule has 0 radical (unpaired) electrons. The van der Waals surface area contributed by atoms with Crippen molar-refractivity contribution >= 4 is 16.1 Å². The molecule has 0 atom stereocenters. The lowest BCUT2D eigenvalue weighted by Gasteiger charge is -2.17. The van der Waals surface area contributed by atoms with Gasteiger partial charge in [-0.2, -0.15) is 0 Å². The SMILES string of the molecule is C[Si]1(C)CC[Si](C)(C)C1. The van der Waals surface area contributed by atoms with Gasteiger partial charge in [-0.05, 0) is 0 Å². The number of rotatable bonds is 0. The second-order valence-electron chi connectivity index (χ2n) is 5.01. The molecule has 0 nitrogen and oxygen atoms in total. The summed E-state index contributed by atoms with van der Waals surface area (Å²) in [6, 6.07) is 3.23. The van der Waals surface area contributed by atoms with Gasteiger partial charge in [0.2, 0.25) is 0 Å². The molecule has 0 aliphatic carbocycles. The van der Waals surface area contributed by atoms with Crippen molar-refractivity contribution in [3.63, 3.8) is 0 Å². The van der Waals surface area contributed by atoms with Crippen molar-refractivity contribution in [2.45, 2.75) is 43.9 Å². The van der Waals surface area contributed by atoms with Crippen molar-refractivity contribution in [3.05, 3.63) is 0 Å². The first-order valence-corrected chi connectivity index (χ1v) is 10.7. The topological polar surface area (TPSA) is 0 Å². The maximum Gasteiger partial charge on any atom is 0.0444 e. The summed E-state index contributed by atoms with van der Waals surface area (Å²) in [4.78, 5) is 0. The van der Waals surface area contributed by atoms with Crippen LogP contribution in [0.1, 0.15) is 0 Å². The van der Waals surface area contributed by atoms with Crippen molar-refractivity contribution in [2.24, 2.45) is 0 Å². The molecule has 1 aliphatic rings. The predicted octanol–water partition coefficient (Wildman–Crippen LogP) is 2.96. The predicted molar refractivity (Wildman–Crippen MR) is 49.4 cm³/mol. The Hall–Kier alpha value is 0.434. The van der Waals surface area contributed by atoms with Gasteiger partial charge in [0.15, 0.2) is 0 Å². The van der Waals surface area contributed by atoms with E-state index in [1.54, 1.807) is 17.8 Å². The van der Waals surface area contributed by atoms with Crippen molar-refractivity contribution in [1.29, 1.82) is 0 Å². The summed E-state index contributed by atoms with van der Waals surface area (Å²) in [5.74, 6) is 0. The van der Waals surface area contributed by atoms with Crippen LogP contribution in [0.5, 0.6) is 0 Å². The molecule has 54 valence electrons. The molecule has 0 amide bonds. The Morgan fingerprint density at radius 3 is 1.22 bits per heavy atom. The summed E-state index contributed by atoms with van der Waals surface area (Å²) in [5.41, 5.74) is 1.68. The normalized spacial score (nSPS) is 30.7. The number of hydrogen-bond donors (Lipinski definition) is 0. The van der Waals surface area contributed by atoms with Gasteiger partial charge in [-0.25, -0.2) is 0 Å². The fourth-order valence-corrected chi connectivity index (χ4v) is 19.3. The zero-order chi connectivity index (χ0) is 7.12. The maximum atomic E-state index is 2.55. The summed E-state index contributed by atoms with van der Waals surface area (Å²) in [6.45, 7) is 10.2. The van der Waals surface area contributed by atoms with Crippen LogP contribution in [-0.4, -0.2) is 16.1 Å². The highest BCUT2D eigenvalue weighted by Gasteiger charge is 2.38. The average molecular weight is 158 g/mol. The lowest BCUT2D eigenvalue weighted by atomic mass is 10.9. The molecule has 0 saturated carbocycles. The minimum absolute atomic E-state index is 0.614. The summed E-state index contributed by atoms with van der Waals surface area (Å²) in [5, 5.41) is 0. The highest BCUT2D eigenvalue weighted by Crippen LogP contribution is 2.36. The highest BCUT2D eigenvalue weighted by atomic mass is 28.4. The van der Waals surface area contributed by atoms with E-state index in [-0.39, 0.29) is 0 Å². The quantitative estimate of drug-likeness (QED) is 0.476. The largest absolute Gasteiger partial charge is 0.0696 e. The van der Waals surface area contributed by atoms with E-state index in [1.165, 1.54) is 0 Å². The molecular weight excluding hydrogens is 140 g/mol. The lowest BCUT2D eigenvalue weighted by Crippen LogP contribution is -2.27. The van der Waals surface area contributed by atoms with E-state index < -0.39 is 16.1 Å². The molecule has 1 fully saturated rings. The summed E-state index contributed by atoms with van der Waals surface area (Å²) in [7, 11) is -1.23. The van der Waals surface area contributed by atoms with Gasteiger partial charge in [0.1, 0.15) is 0 Å². The molecule has 0 aromatic carbocycles. The Kier molecular flexibility index (Phi) is 1.64. The average Bonchev–Trinajstić information content (AvgIpc) is 1.78. The Morgan fingerprint density at radius 1 is 0.778 bits per heavy atom. The minimum atomic E-state index is -0.614. The third-order valence-electron chi connectivity index (χ3n) is 2.44. The Labute approximate surface area is 60.7 Å². The molecule has 0 spiro atoms. The zero-order valence-corrected chi connectivity index (χ0v) is 9.12. The summed E-state index contributed by atoms with van der Waals surface area (Å²) >= 11 is 0. The van der Waals surface area contributed by atoms with E-state index >= 15 is 0 Å². The van der Waals surface area contributed by atoms with Crippen LogP contribution in [0.3, 0.4) is 0 Å². The monoisotopic (exact) mass is 158 g/mol. The molecule has 9 heavy (non-hydrogen) atoms. The van der Waals surface area contributed by atoms with E-state index in [1.807, 2.05) is 0 Å². The van der Waals surface area contributed by atoms with Gasteiger partial charge in [0.25, 0.3) is 0 Å². The van der Waals surface area contributed by atoms with Gasteiger partial charge >= 0.3 is 0 Å². The lowest BCUT2D eigenvalue weighted by molar-refractivity contribution is 1.35. The van der Waals surface area contributed by atoms with Gasteiger partial charge in [-0.15, -0.1) is 0 Å². The third kappa shape index (κ3) is 1.93. The van der Waals surface area contributed by atoms with Crippen LogP contribution in [0.25, 0.3) is 0 Å². The fourth-order valence-electron chi connectivity index (χ4n) is 2.15. The van der Waals surface area contributed by atoms with E-state index in [9.17, 15) is 0 Å². The van der Waals surface area contributed by atoms with E-state index in [0.717, 1.165) is 0 Å². The Balaban J connectivity index is 2.58. The van der Waals surface area contributed by atoms with Crippen LogP contribution in [0.15, 0.2) is 0 Å². The van der Waals surface area contributed by atoms with Crippen molar-refractivity contribution in [1.82, 2.24) is 0 Å². The van der Waals surface area contributed by atoms with Crippen LogP contribution in [0.4, 0.5) is 0 Å². The molecule has 0 N–H and O–H groups in total. The van der Waals surface area contributed by atoms with Crippen molar-refractivity contribution in [3.8, 4) is 0 Å². The molecule has 0 bridgehead atoms. The first-order valence-electron chi connectivity index (χ1n) is 3.91. The third-order valence-corrected chi connectivity index (χ3v) is 13.8. The first-order chi connectivity index (χ1) is 3.91. The molecular formula is C7H18Si2. The molecule has 0 unspecified atom stereocenters. The maximum absolute atomic E-state index is 2.55. The molecule has 0 aromatic heterocycles. The second kappa shape index (κ2) is 1.96. The standard InChI is InChI=1S/C7H18Si2/c1-8(2)5-6-9(3,4)7-8/h5-7H2,1-4H3. The van der Waals surface area contributed by atoms with Gasteiger partial charge in [0.05, 0.1) is 0 Å². The van der Waals surface area contributed by atoms with E-state index in [4.69, 9.17) is 0 Å². The van der Waals surface area contributed by atoms with Gasteiger partial charge < -0.3 is 0 Å². The molecule has 0 aromatic rings. The van der Waals surface area contributed by atoms with Crippen molar-refractivity contribution < 1.29 is 0 Å². The van der Waals surface area contributed by atoms with Gasteiger partial charge in [-0.3, -0.25) is 0 Å². The molecule has 2 heteroatoms. The van der Waals surface area contributed by atoms with Crippen LogP contribution in [-0.2, 0) is 0 Å². The van der Waals surface area contributed by atoms with Crippen LogP contribution >= 0.6 is 0 Å². The van der Waals surface area contributed by atoms with Gasteiger partial charge in [-0.1, -0.05) is 43.9 Å². The van der Waals surface area contributed by atoms with Crippen LogP contribution in [0.2, 0.25) is 43.9 Å². The summed E-state index contributed by atoms with van der Waals surface area (Å²) in [6.07, 6.45) is 0. The van der Waals surface area contributed by atoms with Crippen LogP contribution < -0.4 is 0 Å². The van der Waals surface area contributed by atoms with Crippen molar-refractivity contribution in [2.75, 3.05) is 0 Å². The smallest absolute Gasteiger partial charge is 0.0444 e. The van der Waals surface area contributed by atoms with Gasteiger partial charge in [0, 0.05) is 16.1 Å². The Bertz CT molecular complexity index is 102. The second-order valence-corrected chi connectivity index (χ2v) is 16.1. The highest BCUT2D eigenvalue weighted by molar-refractivity contribution is 6.99. The van der Waals surface area contributed by atoms with E-state index in [0.29, 0.717) is 0 Å². The van der Waals surface area contributed by atoms with E-state index in [2.05, 4.69) is 26.2 Å². The van der Waals surface area contributed by atoms with Crippen LogP contribution in [0, 0.1) is 0 Å². The molecule has 1 aliphatic heterocycles. The molecule has 1 heterocycles. The zero-order valence-electron chi connectivity index (χ0n) is 7.12. The summed E-state index contributed by atoms with van der Waals surface area (Å²) < 4.78 is 0. The molecule has 1 saturated heterocycles. The Morgan fingerprint density at radius 2 is 1.11 bits per heavy atom.